The molecule has 90 valence electrons. The van der Waals surface area contributed by atoms with Gasteiger partial charge in [-0.15, -0.1) is 0 Å². The molecule has 1 rings (SSSR count). The highest BCUT2D eigenvalue weighted by molar-refractivity contribution is 9.10. The van der Waals surface area contributed by atoms with E-state index in [2.05, 4.69) is 15.9 Å². The number of carboxylic acid groups (broad SMARTS) is 1. The van der Waals surface area contributed by atoms with E-state index in [9.17, 15) is 17.6 Å². The highest BCUT2D eigenvalue weighted by atomic mass is 79.9. The number of nitriles is 1. The van der Waals surface area contributed by atoms with E-state index in [0.717, 1.165) is 18.3 Å². The maximum absolute atomic E-state index is 13.6. The van der Waals surface area contributed by atoms with E-state index in [1.165, 1.54) is 4.72 Å². The molecule has 6 nitrogen and oxygen atoms in total. The van der Waals surface area contributed by atoms with Crippen LogP contribution in [0.3, 0.4) is 0 Å². The largest absolute Gasteiger partial charge is 0.478 e. The van der Waals surface area contributed by atoms with E-state index in [0.29, 0.717) is 0 Å². The maximum atomic E-state index is 13.6. The van der Waals surface area contributed by atoms with Crippen molar-refractivity contribution in [2.24, 2.45) is 0 Å². The van der Waals surface area contributed by atoms with Crippen molar-refractivity contribution in [1.82, 2.24) is 4.72 Å². The second-order valence-corrected chi connectivity index (χ2v) is 5.35. The second-order valence-electron chi connectivity index (χ2n) is 2.79. The number of nitrogens with zero attached hydrogens (tertiary/aromatic N) is 1. The van der Waals surface area contributed by atoms with Crippen molar-refractivity contribution < 1.29 is 22.7 Å². The SMILES string of the molecule is N#CNS(=O)(=O)c1cc(Br)cc(C(=O)O)c1F. The predicted molar refractivity (Wildman–Crippen MR) is 57.0 cm³/mol. The van der Waals surface area contributed by atoms with Gasteiger partial charge in [-0.3, -0.25) is 0 Å². The zero-order chi connectivity index (χ0) is 13.2. The third-order valence-electron chi connectivity index (χ3n) is 1.70. The monoisotopic (exact) mass is 322 g/mol. The van der Waals surface area contributed by atoms with Crippen LogP contribution >= 0.6 is 15.9 Å². The fourth-order valence-corrected chi connectivity index (χ4v) is 2.50. The van der Waals surface area contributed by atoms with Gasteiger partial charge in [0.25, 0.3) is 10.0 Å². The summed E-state index contributed by atoms with van der Waals surface area (Å²) in [6.45, 7) is 0. The topological polar surface area (TPSA) is 107 Å². The van der Waals surface area contributed by atoms with Gasteiger partial charge in [0.15, 0.2) is 12.0 Å². The zero-order valence-corrected chi connectivity index (χ0v) is 10.3. The van der Waals surface area contributed by atoms with Crippen molar-refractivity contribution in [2.75, 3.05) is 0 Å². The molecule has 2 N–H and O–H groups in total. The smallest absolute Gasteiger partial charge is 0.338 e. The predicted octanol–water partition coefficient (Wildman–Crippen LogP) is 1.05. The van der Waals surface area contributed by atoms with Gasteiger partial charge in [0.1, 0.15) is 4.90 Å². The lowest BCUT2D eigenvalue weighted by Crippen LogP contribution is -2.20. The van der Waals surface area contributed by atoms with Crippen LogP contribution in [0, 0.1) is 17.3 Å². The van der Waals surface area contributed by atoms with Crippen LogP contribution in [-0.4, -0.2) is 19.5 Å². The van der Waals surface area contributed by atoms with Gasteiger partial charge in [-0.25, -0.2) is 22.3 Å². The number of carbonyl (C=O) groups is 1. The summed E-state index contributed by atoms with van der Waals surface area (Å²) in [5, 5.41) is 16.9. The van der Waals surface area contributed by atoms with Gasteiger partial charge in [-0.2, -0.15) is 5.26 Å². The molecular weight excluding hydrogens is 319 g/mol. The summed E-state index contributed by atoms with van der Waals surface area (Å²) in [6.07, 6.45) is 1.13. The molecule has 1 aromatic rings. The molecule has 0 saturated carbocycles. The minimum Gasteiger partial charge on any atom is -0.478 e. The van der Waals surface area contributed by atoms with Crippen LogP contribution in [0.25, 0.3) is 0 Å². The fourth-order valence-electron chi connectivity index (χ4n) is 1.03. The van der Waals surface area contributed by atoms with Gasteiger partial charge in [-0.1, -0.05) is 15.9 Å². The molecule has 0 spiro atoms. The van der Waals surface area contributed by atoms with Gasteiger partial charge in [0, 0.05) is 4.47 Å². The number of rotatable bonds is 3. The number of halogens is 2. The lowest BCUT2D eigenvalue weighted by molar-refractivity contribution is 0.0691. The zero-order valence-electron chi connectivity index (χ0n) is 7.94. The van der Waals surface area contributed by atoms with Gasteiger partial charge in [-0.05, 0) is 12.1 Å². The molecule has 0 bridgehead atoms. The van der Waals surface area contributed by atoms with Gasteiger partial charge < -0.3 is 5.11 Å². The van der Waals surface area contributed by atoms with Crippen LogP contribution < -0.4 is 4.72 Å². The highest BCUT2D eigenvalue weighted by Crippen LogP contribution is 2.23. The summed E-state index contributed by atoms with van der Waals surface area (Å²) in [7, 11) is -4.40. The van der Waals surface area contributed by atoms with Gasteiger partial charge >= 0.3 is 5.97 Å². The number of aromatic carboxylic acids is 1. The molecule has 0 fully saturated rings. The van der Waals surface area contributed by atoms with Crippen molar-refractivity contribution in [3.8, 4) is 6.19 Å². The average Bonchev–Trinajstić information content (AvgIpc) is 2.20. The normalized spacial score (nSPS) is 10.6. The first-order valence-corrected chi connectivity index (χ1v) is 6.20. The molecule has 0 unspecified atom stereocenters. The Morgan fingerprint density at radius 2 is 2.12 bits per heavy atom. The molecule has 0 amide bonds. The lowest BCUT2D eigenvalue weighted by Gasteiger charge is -2.06. The number of benzene rings is 1. The first kappa shape index (κ1) is 13.4. The summed E-state index contributed by atoms with van der Waals surface area (Å²) in [6, 6.07) is 1.78. The first-order valence-electron chi connectivity index (χ1n) is 3.93. The molecule has 1 aromatic carbocycles. The molecule has 0 aliphatic heterocycles. The molecule has 0 atom stereocenters. The average molecular weight is 323 g/mol. The molecule has 0 aliphatic rings. The Balaban J connectivity index is 3.57. The molecule has 0 heterocycles. The van der Waals surface area contributed by atoms with Crippen LogP contribution in [0.1, 0.15) is 10.4 Å². The third kappa shape index (κ3) is 2.72. The van der Waals surface area contributed by atoms with Crippen molar-refractivity contribution in [3.63, 3.8) is 0 Å². The number of nitrogens with one attached hydrogen (secondary N) is 1. The number of carboxylic acids is 1. The second kappa shape index (κ2) is 4.68. The van der Waals surface area contributed by atoms with E-state index >= 15 is 0 Å². The number of sulfonamides is 1. The molecule has 9 heteroatoms. The molecule has 0 saturated heterocycles. The summed E-state index contributed by atoms with van der Waals surface area (Å²) in [5.74, 6) is -3.04. The number of hydrogen-bond donors (Lipinski definition) is 2. The highest BCUT2D eigenvalue weighted by Gasteiger charge is 2.24. The number of hydrogen-bond acceptors (Lipinski definition) is 4. The van der Waals surface area contributed by atoms with Crippen molar-refractivity contribution >= 4 is 31.9 Å². The van der Waals surface area contributed by atoms with Crippen molar-refractivity contribution in [2.45, 2.75) is 4.90 Å². The minimum absolute atomic E-state index is 0.0645. The van der Waals surface area contributed by atoms with E-state index in [4.69, 9.17) is 10.4 Å². The van der Waals surface area contributed by atoms with E-state index in [-0.39, 0.29) is 4.47 Å². The van der Waals surface area contributed by atoms with Crippen LogP contribution in [0.4, 0.5) is 4.39 Å². The van der Waals surface area contributed by atoms with Crippen LogP contribution in [0.2, 0.25) is 0 Å². The maximum Gasteiger partial charge on any atom is 0.338 e. The van der Waals surface area contributed by atoms with Crippen molar-refractivity contribution in [3.05, 3.63) is 28.0 Å². The molecule has 0 radical (unpaired) electrons. The van der Waals surface area contributed by atoms with Crippen LogP contribution in [-0.2, 0) is 10.0 Å². The Morgan fingerprint density at radius 1 is 1.53 bits per heavy atom. The Hall–Kier alpha value is -1.66. The Morgan fingerprint density at radius 3 is 2.59 bits per heavy atom. The first-order chi connectivity index (χ1) is 7.79. The van der Waals surface area contributed by atoms with Gasteiger partial charge in [0.05, 0.1) is 5.56 Å². The molecule has 0 aromatic heterocycles. The summed E-state index contributed by atoms with van der Waals surface area (Å²) >= 11 is 2.85. The quantitative estimate of drug-likeness (QED) is 0.638. The molecule has 0 aliphatic carbocycles. The third-order valence-corrected chi connectivity index (χ3v) is 3.40. The Bertz CT molecular complexity index is 623. The lowest BCUT2D eigenvalue weighted by atomic mass is 10.2. The Labute approximate surface area is 104 Å². The molecule has 17 heavy (non-hydrogen) atoms. The summed E-state index contributed by atoms with van der Waals surface area (Å²) < 4.78 is 37.8. The summed E-state index contributed by atoms with van der Waals surface area (Å²) in [4.78, 5) is 9.76. The molecular formula is C8H4BrFN2O4S. The minimum atomic E-state index is -4.40. The fraction of sp³-hybridized carbons (Fsp3) is 0. The van der Waals surface area contributed by atoms with E-state index in [1.54, 1.807) is 0 Å². The van der Waals surface area contributed by atoms with Crippen LogP contribution in [0.15, 0.2) is 21.5 Å². The summed E-state index contributed by atoms with van der Waals surface area (Å²) in [5.41, 5.74) is -0.808. The van der Waals surface area contributed by atoms with Gasteiger partial charge in [0.2, 0.25) is 0 Å². The van der Waals surface area contributed by atoms with E-state index < -0.39 is 32.3 Å². The Kier molecular flexibility index (Phi) is 3.69. The standard InChI is InChI=1S/C8H4BrFN2O4S/c9-4-1-5(8(13)14)7(10)6(2-4)17(15,16)12-3-11/h1-2,12H,(H,13,14). The van der Waals surface area contributed by atoms with Crippen LogP contribution in [0.5, 0.6) is 0 Å². The van der Waals surface area contributed by atoms with Crippen molar-refractivity contribution in [1.29, 1.82) is 5.26 Å². The van der Waals surface area contributed by atoms with E-state index in [1.807, 2.05) is 0 Å².